The fraction of sp³-hybridized carbons (Fsp3) is 0.0625. The molecular formula is C16H12BrN3O2. The molecule has 0 unspecified atom stereocenters. The van der Waals surface area contributed by atoms with Gasteiger partial charge in [0.2, 0.25) is 5.88 Å². The lowest BCUT2D eigenvalue weighted by atomic mass is 10.2. The van der Waals surface area contributed by atoms with Crippen molar-refractivity contribution >= 4 is 15.9 Å². The molecule has 0 saturated carbocycles. The van der Waals surface area contributed by atoms with Gasteiger partial charge >= 0.3 is 6.01 Å². The highest BCUT2D eigenvalue weighted by atomic mass is 79.9. The van der Waals surface area contributed by atoms with E-state index in [1.807, 2.05) is 30.3 Å². The van der Waals surface area contributed by atoms with E-state index in [1.165, 1.54) is 0 Å². The third kappa shape index (κ3) is 4.02. The van der Waals surface area contributed by atoms with E-state index in [2.05, 4.69) is 30.9 Å². The van der Waals surface area contributed by atoms with Gasteiger partial charge in [0, 0.05) is 18.5 Å². The van der Waals surface area contributed by atoms with Crippen LogP contribution < -0.4 is 9.47 Å². The molecule has 0 bridgehead atoms. The Balaban J connectivity index is 1.59. The molecule has 0 saturated heterocycles. The minimum absolute atomic E-state index is 0.267. The summed E-state index contributed by atoms with van der Waals surface area (Å²) in [7, 11) is 0. The van der Waals surface area contributed by atoms with Crippen molar-refractivity contribution in [2.75, 3.05) is 0 Å². The predicted octanol–water partition coefficient (Wildman–Crippen LogP) is 4.01. The van der Waals surface area contributed by atoms with Gasteiger partial charge in [0.1, 0.15) is 12.4 Å². The fourth-order valence-electron chi connectivity index (χ4n) is 1.70. The van der Waals surface area contributed by atoms with Gasteiger partial charge in [-0.3, -0.25) is 0 Å². The van der Waals surface area contributed by atoms with Gasteiger partial charge in [-0.25, -0.2) is 15.0 Å². The number of aromatic nitrogens is 3. The molecular weight excluding hydrogens is 346 g/mol. The van der Waals surface area contributed by atoms with E-state index in [4.69, 9.17) is 9.47 Å². The van der Waals surface area contributed by atoms with E-state index in [9.17, 15) is 0 Å². The maximum absolute atomic E-state index is 5.61. The van der Waals surface area contributed by atoms with Crippen LogP contribution in [0.5, 0.6) is 17.6 Å². The van der Waals surface area contributed by atoms with Crippen LogP contribution >= 0.6 is 15.9 Å². The van der Waals surface area contributed by atoms with Crippen molar-refractivity contribution in [1.82, 2.24) is 15.0 Å². The SMILES string of the molecule is Brc1cnc(Oc2ccc(OCc3ccccc3)nc2)nc1. The fourth-order valence-corrected chi connectivity index (χ4v) is 1.91. The highest BCUT2D eigenvalue weighted by molar-refractivity contribution is 9.10. The second kappa shape index (κ2) is 7.00. The predicted molar refractivity (Wildman–Crippen MR) is 84.8 cm³/mol. The first-order valence-corrected chi connectivity index (χ1v) is 7.37. The van der Waals surface area contributed by atoms with Crippen LogP contribution in [0.15, 0.2) is 65.5 Å². The zero-order valence-corrected chi connectivity index (χ0v) is 13.1. The number of hydrogen-bond acceptors (Lipinski definition) is 5. The van der Waals surface area contributed by atoms with Gasteiger partial charge in [-0.1, -0.05) is 30.3 Å². The van der Waals surface area contributed by atoms with Gasteiger partial charge in [0.05, 0.1) is 10.7 Å². The Bertz CT molecular complexity index is 719. The highest BCUT2D eigenvalue weighted by Gasteiger charge is 2.02. The Labute approximate surface area is 136 Å². The maximum atomic E-state index is 5.61. The van der Waals surface area contributed by atoms with Crippen LogP contribution in [0.3, 0.4) is 0 Å². The van der Waals surface area contributed by atoms with Crippen molar-refractivity contribution in [3.63, 3.8) is 0 Å². The first kappa shape index (κ1) is 14.5. The maximum Gasteiger partial charge on any atom is 0.321 e. The molecule has 0 N–H and O–H groups in total. The molecule has 3 aromatic rings. The highest BCUT2D eigenvalue weighted by Crippen LogP contribution is 2.20. The van der Waals surface area contributed by atoms with Gasteiger partial charge in [-0.05, 0) is 27.6 Å². The molecule has 1 aromatic carbocycles. The molecule has 0 aliphatic carbocycles. The lowest BCUT2D eigenvalue weighted by molar-refractivity contribution is 0.293. The quantitative estimate of drug-likeness (QED) is 0.690. The summed E-state index contributed by atoms with van der Waals surface area (Å²) >= 11 is 3.27. The number of rotatable bonds is 5. The van der Waals surface area contributed by atoms with E-state index in [0.29, 0.717) is 18.2 Å². The molecule has 3 rings (SSSR count). The largest absolute Gasteiger partial charge is 0.473 e. The minimum atomic E-state index is 0.267. The van der Waals surface area contributed by atoms with E-state index in [1.54, 1.807) is 30.7 Å². The molecule has 0 atom stereocenters. The summed E-state index contributed by atoms with van der Waals surface area (Å²) in [5, 5.41) is 0. The van der Waals surface area contributed by atoms with Crippen molar-refractivity contribution in [2.24, 2.45) is 0 Å². The topological polar surface area (TPSA) is 57.1 Å². The lowest BCUT2D eigenvalue weighted by Gasteiger charge is -2.06. The third-order valence-electron chi connectivity index (χ3n) is 2.74. The standard InChI is InChI=1S/C16H12BrN3O2/c17-13-8-19-16(20-9-13)22-14-6-7-15(18-10-14)21-11-12-4-2-1-3-5-12/h1-10H,11H2. The number of nitrogens with zero attached hydrogens (tertiary/aromatic N) is 3. The number of hydrogen-bond donors (Lipinski definition) is 0. The van der Waals surface area contributed by atoms with Gasteiger partial charge in [-0.2, -0.15) is 0 Å². The molecule has 2 aromatic heterocycles. The Morgan fingerprint density at radius 3 is 2.32 bits per heavy atom. The molecule has 22 heavy (non-hydrogen) atoms. The van der Waals surface area contributed by atoms with E-state index >= 15 is 0 Å². The van der Waals surface area contributed by atoms with Crippen LogP contribution in [-0.4, -0.2) is 15.0 Å². The zero-order valence-electron chi connectivity index (χ0n) is 11.5. The summed E-state index contributed by atoms with van der Waals surface area (Å²) in [5.74, 6) is 1.09. The van der Waals surface area contributed by atoms with Crippen molar-refractivity contribution in [1.29, 1.82) is 0 Å². The summed E-state index contributed by atoms with van der Waals surface area (Å²) in [6.07, 6.45) is 4.81. The third-order valence-corrected chi connectivity index (χ3v) is 3.15. The number of ether oxygens (including phenoxy) is 2. The van der Waals surface area contributed by atoms with Crippen molar-refractivity contribution in [3.8, 4) is 17.6 Å². The summed E-state index contributed by atoms with van der Waals surface area (Å²) in [6.45, 7) is 0.476. The van der Waals surface area contributed by atoms with Crippen LogP contribution in [0.2, 0.25) is 0 Å². The van der Waals surface area contributed by atoms with Crippen LogP contribution in [0.25, 0.3) is 0 Å². The van der Waals surface area contributed by atoms with Crippen LogP contribution in [0, 0.1) is 0 Å². The molecule has 0 aliphatic rings. The van der Waals surface area contributed by atoms with E-state index in [0.717, 1.165) is 10.0 Å². The number of pyridine rings is 1. The average Bonchev–Trinajstić information content (AvgIpc) is 2.57. The second-order valence-electron chi connectivity index (χ2n) is 4.39. The molecule has 0 spiro atoms. The summed E-state index contributed by atoms with van der Waals surface area (Å²) in [4.78, 5) is 12.3. The Morgan fingerprint density at radius 1 is 0.864 bits per heavy atom. The van der Waals surface area contributed by atoms with Gasteiger partial charge in [0.25, 0.3) is 0 Å². The second-order valence-corrected chi connectivity index (χ2v) is 5.31. The number of benzene rings is 1. The van der Waals surface area contributed by atoms with Crippen LogP contribution in [-0.2, 0) is 6.61 Å². The molecule has 0 amide bonds. The molecule has 110 valence electrons. The minimum Gasteiger partial charge on any atom is -0.473 e. The normalized spacial score (nSPS) is 10.2. The first-order valence-electron chi connectivity index (χ1n) is 6.58. The van der Waals surface area contributed by atoms with Crippen molar-refractivity contribution in [3.05, 3.63) is 71.1 Å². The summed E-state index contributed by atoms with van der Waals surface area (Å²) in [6, 6.07) is 13.7. The average molecular weight is 358 g/mol. The van der Waals surface area contributed by atoms with E-state index in [-0.39, 0.29) is 6.01 Å². The molecule has 6 heteroatoms. The Kier molecular flexibility index (Phi) is 4.60. The molecule has 2 heterocycles. The Morgan fingerprint density at radius 2 is 1.64 bits per heavy atom. The van der Waals surface area contributed by atoms with Gasteiger partial charge in [0.15, 0.2) is 0 Å². The molecule has 0 fully saturated rings. The zero-order chi connectivity index (χ0) is 15.2. The smallest absolute Gasteiger partial charge is 0.321 e. The molecule has 0 aliphatic heterocycles. The first-order chi connectivity index (χ1) is 10.8. The number of halogens is 1. The molecule has 0 radical (unpaired) electrons. The summed E-state index contributed by atoms with van der Waals surface area (Å²) < 4.78 is 11.9. The Hall–Kier alpha value is -2.47. The lowest BCUT2D eigenvalue weighted by Crippen LogP contribution is -1.97. The van der Waals surface area contributed by atoms with E-state index < -0.39 is 0 Å². The summed E-state index contributed by atoms with van der Waals surface area (Å²) in [5.41, 5.74) is 1.09. The van der Waals surface area contributed by atoms with Crippen molar-refractivity contribution in [2.45, 2.75) is 6.61 Å². The monoisotopic (exact) mass is 357 g/mol. The van der Waals surface area contributed by atoms with Crippen LogP contribution in [0.1, 0.15) is 5.56 Å². The van der Waals surface area contributed by atoms with Gasteiger partial charge < -0.3 is 9.47 Å². The van der Waals surface area contributed by atoms with Gasteiger partial charge in [-0.15, -0.1) is 0 Å². The molecule has 5 nitrogen and oxygen atoms in total. The van der Waals surface area contributed by atoms with Crippen LogP contribution in [0.4, 0.5) is 0 Å². The van der Waals surface area contributed by atoms with Crippen molar-refractivity contribution < 1.29 is 9.47 Å².